The van der Waals surface area contributed by atoms with Gasteiger partial charge in [-0.1, -0.05) is 127 Å². The van der Waals surface area contributed by atoms with Crippen molar-refractivity contribution in [2.75, 3.05) is 4.90 Å². The molecule has 1 heterocycles. The lowest BCUT2D eigenvalue weighted by Crippen LogP contribution is -2.10. The molecule has 0 saturated heterocycles. The lowest BCUT2D eigenvalue weighted by Gasteiger charge is -2.28. The molecule has 9 rings (SSSR count). The number of nitrogens with zero attached hydrogens (tertiary/aromatic N) is 1. The quantitative estimate of drug-likeness (QED) is 0.186. The number of hydrogen-bond donors (Lipinski definition) is 0. The zero-order valence-corrected chi connectivity index (χ0v) is 25.1. The summed E-state index contributed by atoms with van der Waals surface area (Å²) < 4.78 is 6.43. The second kappa shape index (κ2) is 10.8. The Bertz CT molecular complexity index is 2410. The lowest BCUT2D eigenvalue weighted by atomic mass is 9.96. The molecule has 46 heavy (non-hydrogen) atoms. The first-order chi connectivity index (χ1) is 22.8. The largest absolute Gasteiger partial charge is 0.456 e. The highest BCUT2D eigenvalue weighted by atomic mass is 16.3. The molecule has 216 valence electrons. The van der Waals surface area contributed by atoms with Crippen LogP contribution in [0, 0.1) is 0 Å². The average Bonchev–Trinajstić information content (AvgIpc) is 3.50. The van der Waals surface area contributed by atoms with Crippen LogP contribution in [0.2, 0.25) is 0 Å². The van der Waals surface area contributed by atoms with Gasteiger partial charge >= 0.3 is 0 Å². The van der Waals surface area contributed by atoms with E-state index in [1.165, 1.54) is 38.4 Å². The van der Waals surface area contributed by atoms with E-state index in [1.807, 2.05) is 12.1 Å². The van der Waals surface area contributed by atoms with Gasteiger partial charge in [0.2, 0.25) is 0 Å². The van der Waals surface area contributed by atoms with Gasteiger partial charge in [0.15, 0.2) is 0 Å². The minimum atomic E-state index is 0.893. The third-order valence-electron chi connectivity index (χ3n) is 9.04. The maximum Gasteiger partial charge on any atom is 0.136 e. The van der Waals surface area contributed by atoms with Crippen molar-refractivity contribution in [1.29, 1.82) is 0 Å². The van der Waals surface area contributed by atoms with E-state index < -0.39 is 0 Å². The highest BCUT2D eigenvalue weighted by molar-refractivity contribution is 6.20. The number of furan rings is 1. The zero-order chi connectivity index (χ0) is 30.5. The minimum absolute atomic E-state index is 0.893. The van der Waals surface area contributed by atoms with Crippen molar-refractivity contribution in [2.45, 2.75) is 0 Å². The van der Waals surface area contributed by atoms with E-state index in [2.05, 4.69) is 169 Å². The van der Waals surface area contributed by atoms with Gasteiger partial charge in [-0.05, 0) is 86.9 Å². The van der Waals surface area contributed by atoms with Gasteiger partial charge in [0.05, 0.1) is 5.69 Å². The van der Waals surface area contributed by atoms with Crippen LogP contribution in [0.25, 0.3) is 65.7 Å². The van der Waals surface area contributed by atoms with Gasteiger partial charge in [-0.15, -0.1) is 0 Å². The summed E-state index contributed by atoms with van der Waals surface area (Å²) in [6.45, 7) is 0. The number of para-hydroxylation sites is 1. The summed E-state index contributed by atoms with van der Waals surface area (Å²) in [5, 5.41) is 7.05. The van der Waals surface area contributed by atoms with E-state index in [9.17, 15) is 0 Å². The molecular formula is C44H29NO. The first-order valence-electron chi connectivity index (χ1n) is 15.7. The van der Waals surface area contributed by atoms with Crippen LogP contribution in [0.4, 0.5) is 17.1 Å². The zero-order valence-electron chi connectivity index (χ0n) is 25.1. The summed E-state index contributed by atoms with van der Waals surface area (Å²) in [6, 6.07) is 62.8. The summed E-state index contributed by atoms with van der Waals surface area (Å²) in [4.78, 5) is 2.38. The number of benzene rings is 8. The van der Waals surface area contributed by atoms with Crippen molar-refractivity contribution in [3.8, 4) is 22.3 Å². The van der Waals surface area contributed by atoms with E-state index in [0.29, 0.717) is 0 Å². The van der Waals surface area contributed by atoms with Gasteiger partial charge in [0.1, 0.15) is 11.2 Å². The van der Waals surface area contributed by atoms with Crippen molar-refractivity contribution in [3.63, 3.8) is 0 Å². The lowest BCUT2D eigenvalue weighted by molar-refractivity contribution is 0.669. The van der Waals surface area contributed by atoms with Gasteiger partial charge in [-0.25, -0.2) is 0 Å². The second-order valence-electron chi connectivity index (χ2n) is 11.8. The molecule has 0 saturated carbocycles. The standard InChI is InChI=1S/C44H29NO/c1-3-11-30(12-4-1)32-19-23-35(24-20-32)45(36-25-21-33(22-26-36)31-13-5-2-6-14-31)42-27-34-15-7-8-16-37(34)39-28-41-38-17-9-10-18-43(38)46-44(41)29-40(39)42/h1-29H. The Morgan fingerprint density at radius 2 is 0.848 bits per heavy atom. The Kier molecular flexibility index (Phi) is 6.17. The van der Waals surface area contributed by atoms with E-state index in [-0.39, 0.29) is 0 Å². The molecule has 0 atom stereocenters. The van der Waals surface area contributed by atoms with E-state index in [1.54, 1.807) is 0 Å². The van der Waals surface area contributed by atoms with Crippen LogP contribution in [0.3, 0.4) is 0 Å². The molecule has 0 bridgehead atoms. The van der Waals surface area contributed by atoms with E-state index in [4.69, 9.17) is 4.42 Å². The molecule has 0 aliphatic rings. The Labute approximate surface area is 267 Å². The van der Waals surface area contributed by atoms with Crippen molar-refractivity contribution in [3.05, 3.63) is 176 Å². The molecule has 2 nitrogen and oxygen atoms in total. The van der Waals surface area contributed by atoms with Crippen LogP contribution in [0.15, 0.2) is 180 Å². The predicted molar refractivity (Wildman–Crippen MR) is 194 cm³/mol. The molecule has 0 N–H and O–H groups in total. The molecule has 2 heteroatoms. The molecule has 8 aromatic carbocycles. The Morgan fingerprint density at radius 1 is 0.326 bits per heavy atom. The van der Waals surface area contributed by atoms with Gasteiger partial charge in [-0.2, -0.15) is 0 Å². The number of anilines is 3. The molecule has 9 aromatic rings. The van der Waals surface area contributed by atoms with Crippen LogP contribution >= 0.6 is 0 Å². The summed E-state index contributed by atoms with van der Waals surface area (Å²) in [6.07, 6.45) is 0. The normalized spacial score (nSPS) is 11.5. The number of hydrogen-bond acceptors (Lipinski definition) is 2. The summed E-state index contributed by atoms with van der Waals surface area (Å²) in [5.41, 5.74) is 9.88. The number of rotatable bonds is 5. The fourth-order valence-corrected chi connectivity index (χ4v) is 6.78. The average molecular weight is 588 g/mol. The SMILES string of the molecule is c1ccc(-c2ccc(N(c3ccc(-c4ccccc4)cc3)c3cc4ccccc4c4cc5c(cc34)oc3ccccc35)cc2)cc1. The highest BCUT2D eigenvalue weighted by Gasteiger charge is 2.20. The summed E-state index contributed by atoms with van der Waals surface area (Å²) in [7, 11) is 0. The topological polar surface area (TPSA) is 16.4 Å². The van der Waals surface area contributed by atoms with Gasteiger partial charge in [0, 0.05) is 27.5 Å². The third kappa shape index (κ3) is 4.43. The predicted octanol–water partition coefficient (Wildman–Crippen LogP) is 12.7. The first kappa shape index (κ1) is 26.3. The molecule has 0 unspecified atom stereocenters. The Balaban J connectivity index is 1.30. The Hall–Kier alpha value is -6.12. The maximum absolute atomic E-state index is 6.43. The molecule has 0 fully saturated rings. The Morgan fingerprint density at radius 3 is 1.48 bits per heavy atom. The second-order valence-corrected chi connectivity index (χ2v) is 11.8. The minimum Gasteiger partial charge on any atom is -0.456 e. The maximum atomic E-state index is 6.43. The third-order valence-corrected chi connectivity index (χ3v) is 9.04. The summed E-state index contributed by atoms with van der Waals surface area (Å²) >= 11 is 0. The van der Waals surface area contributed by atoms with Crippen molar-refractivity contribution >= 4 is 60.5 Å². The number of fused-ring (bicyclic) bond motifs is 6. The highest BCUT2D eigenvalue weighted by Crippen LogP contribution is 2.45. The molecular weight excluding hydrogens is 558 g/mol. The smallest absolute Gasteiger partial charge is 0.136 e. The molecule has 1 aromatic heterocycles. The van der Waals surface area contributed by atoms with Gasteiger partial charge in [-0.3, -0.25) is 0 Å². The van der Waals surface area contributed by atoms with Crippen LogP contribution in [-0.2, 0) is 0 Å². The van der Waals surface area contributed by atoms with Crippen LogP contribution in [0.1, 0.15) is 0 Å². The van der Waals surface area contributed by atoms with Gasteiger partial charge in [0.25, 0.3) is 0 Å². The molecule has 0 aliphatic heterocycles. The van der Waals surface area contributed by atoms with E-state index in [0.717, 1.165) is 44.4 Å². The molecule has 0 radical (unpaired) electrons. The summed E-state index contributed by atoms with van der Waals surface area (Å²) in [5.74, 6) is 0. The van der Waals surface area contributed by atoms with Gasteiger partial charge < -0.3 is 9.32 Å². The fourth-order valence-electron chi connectivity index (χ4n) is 6.78. The van der Waals surface area contributed by atoms with Crippen molar-refractivity contribution < 1.29 is 4.42 Å². The fraction of sp³-hybridized carbons (Fsp3) is 0. The van der Waals surface area contributed by atoms with Crippen LogP contribution in [0.5, 0.6) is 0 Å². The molecule has 0 amide bonds. The van der Waals surface area contributed by atoms with Crippen LogP contribution < -0.4 is 4.90 Å². The van der Waals surface area contributed by atoms with Crippen molar-refractivity contribution in [2.24, 2.45) is 0 Å². The first-order valence-corrected chi connectivity index (χ1v) is 15.7. The molecule has 0 spiro atoms. The monoisotopic (exact) mass is 587 g/mol. The van der Waals surface area contributed by atoms with Crippen molar-refractivity contribution in [1.82, 2.24) is 0 Å². The molecule has 0 aliphatic carbocycles. The van der Waals surface area contributed by atoms with E-state index >= 15 is 0 Å². The van der Waals surface area contributed by atoms with Crippen LogP contribution in [-0.4, -0.2) is 0 Å².